The number of nitrogens with zero attached hydrogens (tertiary/aromatic N) is 1. The van der Waals surface area contributed by atoms with Crippen LogP contribution >= 0.6 is 11.6 Å². The number of phenols is 1. The first-order valence-electron chi connectivity index (χ1n) is 3.92. The van der Waals surface area contributed by atoms with Crippen LogP contribution in [0.15, 0.2) is 18.7 Å². The zero-order valence-electron chi connectivity index (χ0n) is 7.42. The van der Waals surface area contributed by atoms with Gasteiger partial charge in [-0.15, -0.1) is 6.58 Å². The lowest BCUT2D eigenvalue weighted by Crippen LogP contribution is -2.07. The van der Waals surface area contributed by atoms with Gasteiger partial charge >= 0.3 is 0 Å². The van der Waals surface area contributed by atoms with Gasteiger partial charge in [-0.1, -0.05) is 23.1 Å². The van der Waals surface area contributed by atoms with Crippen molar-refractivity contribution in [1.29, 1.82) is 5.26 Å². The maximum absolute atomic E-state index is 9.56. The van der Waals surface area contributed by atoms with Gasteiger partial charge in [0.15, 0.2) is 0 Å². The minimum absolute atomic E-state index is 0.0751. The van der Waals surface area contributed by atoms with Crippen LogP contribution in [-0.4, -0.2) is 13.0 Å². The van der Waals surface area contributed by atoms with Gasteiger partial charge in [0.1, 0.15) is 19.7 Å². The van der Waals surface area contributed by atoms with Crippen LogP contribution in [0.3, 0.4) is 0 Å². The van der Waals surface area contributed by atoms with Gasteiger partial charge in [0.2, 0.25) is 0 Å². The van der Waals surface area contributed by atoms with Gasteiger partial charge in [-0.05, 0) is 12.5 Å². The van der Waals surface area contributed by atoms with Crippen molar-refractivity contribution in [3.8, 4) is 11.8 Å². The van der Waals surface area contributed by atoms with E-state index < -0.39 is 0 Å². The average molecular weight is 203 g/mol. The van der Waals surface area contributed by atoms with Crippen LogP contribution in [0.4, 0.5) is 0 Å². The van der Waals surface area contributed by atoms with E-state index in [2.05, 4.69) is 6.58 Å². The Morgan fingerprint density at radius 3 is 2.86 bits per heavy atom. The molecule has 0 aliphatic carbocycles. The summed E-state index contributed by atoms with van der Waals surface area (Å²) in [7, 11) is 5.50. The third-order valence-electron chi connectivity index (χ3n) is 1.83. The van der Waals surface area contributed by atoms with E-state index in [0.29, 0.717) is 12.0 Å². The van der Waals surface area contributed by atoms with Crippen molar-refractivity contribution in [3.63, 3.8) is 0 Å². The van der Waals surface area contributed by atoms with Gasteiger partial charge in [0, 0.05) is 5.56 Å². The SMILES string of the molecule is [B]c1cc(C#N)c(Cl)c(CC=C)c1O. The molecular formula is C10H7BClNO. The van der Waals surface area contributed by atoms with Gasteiger partial charge in [-0.3, -0.25) is 0 Å². The molecule has 0 unspecified atom stereocenters. The first kappa shape index (κ1) is 10.7. The average Bonchev–Trinajstić information content (AvgIpc) is 2.18. The maximum Gasteiger partial charge on any atom is 0.119 e. The summed E-state index contributed by atoms with van der Waals surface area (Å²) in [5.41, 5.74) is 0.861. The quantitative estimate of drug-likeness (QED) is 0.584. The topological polar surface area (TPSA) is 44.0 Å². The molecule has 1 rings (SSSR count). The fourth-order valence-corrected chi connectivity index (χ4v) is 1.40. The lowest BCUT2D eigenvalue weighted by Gasteiger charge is -2.09. The summed E-state index contributed by atoms with van der Waals surface area (Å²) in [6.07, 6.45) is 1.96. The van der Waals surface area contributed by atoms with E-state index in [9.17, 15) is 5.11 Å². The third kappa shape index (κ3) is 1.76. The molecule has 0 saturated heterocycles. The van der Waals surface area contributed by atoms with Crippen LogP contribution in [0.1, 0.15) is 11.1 Å². The summed E-state index contributed by atoms with van der Waals surface area (Å²) in [5.74, 6) is -0.0751. The number of benzene rings is 1. The Hall–Kier alpha value is -1.40. The summed E-state index contributed by atoms with van der Waals surface area (Å²) in [6, 6.07) is 3.26. The molecule has 0 fully saturated rings. The number of halogens is 1. The summed E-state index contributed by atoms with van der Waals surface area (Å²) in [4.78, 5) is 0. The molecule has 14 heavy (non-hydrogen) atoms. The Labute approximate surface area is 88.8 Å². The predicted molar refractivity (Wildman–Crippen MR) is 57.1 cm³/mol. The Kier molecular flexibility index (Phi) is 3.21. The number of phenolic OH excluding ortho intramolecular Hbond substituents is 1. The van der Waals surface area contributed by atoms with Crippen molar-refractivity contribution in [2.45, 2.75) is 6.42 Å². The van der Waals surface area contributed by atoms with Gasteiger partial charge in [0.25, 0.3) is 0 Å². The van der Waals surface area contributed by atoms with E-state index in [1.54, 1.807) is 6.08 Å². The second-order valence-electron chi connectivity index (χ2n) is 2.76. The Bertz CT molecular complexity index is 423. The van der Waals surface area contributed by atoms with E-state index >= 15 is 0 Å². The summed E-state index contributed by atoms with van der Waals surface area (Å²) >= 11 is 5.88. The minimum Gasteiger partial charge on any atom is -0.508 e. The highest BCUT2D eigenvalue weighted by Crippen LogP contribution is 2.27. The van der Waals surface area contributed by atoms with Crippen LogP contribution in [0, 0.1) is 11.3 Å². The van der Waals surface area contributed by atoms with Crippen LogP contribution in [0.5, 0.6) is 5.75 Å². The molecule has 1 aromatic rings. The van der Waals surface area contributed by atoms with Crippen molar-refractivity contribution in [1.82, 2.24) is 0 Å². The normalized spacial score (nSPS) is 9.43. The summed E-state index contributed by atoms with van der Waals surface area (Å²) in [5, 5.41) is 18.5. The van der Waals surface area contributed by atoms with Gasteiger partial charge in [-0.2, -0.15) is 5.26 Å². The van der Waals surface area contributed by atoms with Crippen LogP contribution < -0.4 is 5.46 Å². The smallest absolute Gasteiger partial charge is 0.119 e. The highest BCUT2D eigenvalue weighted by molar-refractivity contribution is 6.37. The molecule has 0 aromatic heterocycles. The molecule has 2 radical (unpaired) electrons. The zero-order valence-corrected chi connectivity index (χ0v) is 8.17. The molecule has 0 saturated carbocycles. The first-order chi connectivity index (χ1) is 6.61. The molecule has 0 aliphatic rings. The second kappa shape index (κ2) is 4.21. The lowest BCUT2D eigenvalue weighted by atomic mass is 9.89. The number of allylic oxidation sites excluding steroid dienone is 1. The van der Waals surface area contributed by atoms with E-state index in [1.165, 1.54) is 6.07 Å². The van der Waals surface area contributed by atoms with Gasteiger partial charge < -0.3 is 5.11 Å². The highest BCUT2D eigenvalue weighted by atomic mass is 35.5. The number of nitriles is 1. The third-order valence-corrected chi connectivity index (χ3v) is 2.26. The molecule has 0 spiro atoms. The minimum atomic E-state index is -0.0751. The summed E-state index contributed by atoms with van der Waals surface area (Å²) < 4.78 is 0. The molecule has 0 amide bonds. The van der Waals surface area contributed by atoms with Crippen molar-refractivity contribution in [3.05, 3.63) is 34.9 Å². The first-order valence-corrected chi connectivity index (χ1v) is 4.30. The molecular weight excluding hydrogens is 196 g/mol. The molecule has 1 N–H and O–H groups in total. The summed E-state index contributed by atoms with van der Waals surface area (Å²) in [6.45, 7) is 3.53. The molecule has 68 valence electrons. The van der Waals surface area contributed by atoms with Gasteiger partial charge in [0.05, 0.1) is 10.6 Å². The Morgan fingerprint density at radius 2 is 2.36 bits per heavy atom. The fourth-order valence-electron chi connectivity index (χ4n) is 1.14. The highest BCUT2D eigenvalue weighted by Gasteiger charge is 2.12. The van der Waals surface area contributed by atoms with Crippen LogP contribution in [0.25, 0.3) is 0 Å². The number of rotatable bonds is 2. The predicted octanol–water partition coefficient (Wildman–Crippen LogP) is 1.44. The zero-order chi connectivity index (χ0) is 10.7. The monoisotopic (exact) mass is 203 g/mol. The Balaban J connectivity index is 3.46. The van der Waals surface area contributed by atoms with E-state index in [-0.39, 0.29) is 21.8 Å². The van der Waals surface area contributed by atoms with Crippen LogP contribution in [-0.2, 0) is 6.42 Å². The second-order valence-corrected chi connectivity index (χ2v) is 3.14. The number of hydrogen-bond donors (Lipinski definition) is 1. The van der Waals surface area contributed by atoms with Crippen molar-refractivity contribution >= 4 is 24.9 Å². The number of hydrogen-bond acceptors (Lipinski definition) is 2. The fraction of sp³-hybridized carbons (Fsp3) is 0.100. The standard InChI is InChI=1S/C10H7BClNO/c1-2-3-7-9(12)6(5-13)4-8(11)10(7)14/h2,4,14H,1,3H2. The van der Waals surface area contributed by atoms with Crippen molar-refractivity contribution < 1.29 is 5.11 Å². The molecule has 0 atom stereocenters. The van der Waals surface area contributed by atoms with E-state index in [1.807, 2.05) is 6.07 Å². The van der Waals surface area contributed by atoms with Gasteiger partial charge in [-0.25, -0.2) is 0 Å². The largest absolute Gasteiger partial charge is 0.508 e. The molecule has 0 heterocycles. The Morgan fingerprint density at radius 1 is 1.71 bits per heavy atom. The lowest BCUT2D eigenvalue weighted by molar-refractivity contribution is 0.474. The van der Waals surface area contributed by atoms with Crippen LogP contribution in [0.2, 0.25) is 5.02 Å². The van der Waals surface area contributed by atoms with E-state index in [4.69, 9.17) is 24.7 Å². The molecule has 1 aromatic carbocycles. The van der Waals surface area contributed by atoms with Crippen molar-refractivity contribution in [2.75, 3.05) is 0 Å². The van der Waals surface area contributed by atoms with Crippen molar-refractivity contribution in [2.24, 2.45) is 0 Å². The molecule has 0 bridgehead atoms. The molecule has 2 nitrogen and oxygen atoms in total. The molecule has 0 aliphatic heterocycles. The molecule has 4 heteroatoms. The maximum atomic E-state index is 9.56. The van der Waals surface area contributed by atoms with E-state index in [0.717, 1.165) is 0 Å². The number of aromatic hydroxyl groups is 1.